The minimum Gasteiger partial charge on any atom is -0.308 e. The number of hydrogen-bond donors (Lipinski definition) is 0. The van der Waals surface area contributed by atoms with Gasteiger partial charge in [-0.1, -0.05) is 17.7 Å². The summed E-state index contributed by atoms with van der Waals surface area (Å²) in [5.74, 6) is 0. The van der Waals surface area contributed by atoms with Gasteiger partial charge in [0.05, 0.1) is 4.90 Å². The smallest absolute Gasteiger partial charge is 0.243 e. The van der Waals surface area contributed by atoms with Crippen LogP contribution in [0, 0.1) is 0 Å². The average molecular weight is 332 g/mol. The van der Waals surface area contributed by atoms with Crippen LogP contribution in [0.2, 0.25) is 5.02 Å². The summed E-state index contributed by atoms with van der Waals surface area (Å²) in [6, 6.07) is 6.46. The molecule has 0 aromatic heterocycles. The summed E-state index contributed by atoms with van der Waals surface area (Å²) >= 11 is 5.89. The van der Waals surface area contributed by atoms with Crippen LogP contribution in [0.5, 0.6) is 0 Å². The molecular weight excluding hydrogens is 310 g/mol. The van der Waals surface area contributed by atoms with Crippen molar-refractivity contribution in [2.45, 2.75) is 4.90 Å². The minimum atomic E-state index is -3.43. The van der Waals surface area contributed by atoms with Crippen LogP contribution in [-0.2, 0) is 10.0 Å². The number of rotatable bonds is 5. The van der Waals surface area contributed by atoms with Crippen LogP contribution in [0.4, 0.5) is 0 Å². The van der Waals surface area contributed by atoms with E-state index in [0.29, 0.717) is 18.1 Å². The van der Waals surface area contributed by atoms with Crippen molar-refractivity contribution in [3.63, 3.8) is 0 Å². The van der Waals surface area contributed by atoms with Crippen LogP contribution >= 0.6 is 11.6 Å². The van der Waals surface area contributed by atoms with E-state index in [4.69, 9.17) is 11.6 Å². The van der Waals surface area contributed by atoms with Gasteiger partial charge in [-0.25, -0.2) is 8.42 Å². The standard InChI is InChI=1S/C14H22ClN3O2S/c1-16(2)6-7-17-8-10-18(11-9-17)21(19,20)14-5-3-4-13(15)12-14/h3-5,12H,6-11H2,1-2H3. The van der Waals surface area contributed by atoms with Crippen molar-refractivity contribution in [2.75, 3.05) is 53.4 Å². The number of likely N-dealkylation sites (N-methyl/N-ethyl adjacent to an activating group) is 1. The highest BCUT2D eigenvalue weighted by Gasteiger charge is 2.28. The number of sulfonamides is 1. The van der Waals surface area contributed by atoms with Gasteiger partial charge in [0.25, 0.3) is 0 Å². The van der Waals surface area contributed by atoms with E-state index in [9.17, 15) is 8.42 Å². The molecule has 2 rings (SSSR count). The Hall–Kier alpha value is -0.660. The van der Waals surface area contributed by atoms with Crippen molar-refractivity contribution in [1.82, 2.24) is 14.1 Å². The normalized spacial score (nSPS) is 18.3. The second-order valence-electron chi connectivity index (χ2n) is 5.51. The fraction of sp³-hybridized carbons (Fsp3) is 0.571. The Bertz CT molecular complexity index is 569. The summed E-state index contributed by atoms with van der Waals surface area (Å²) < 4.78 is 26.7. The van der Waals surface area contributed by atoms with Crippen molar-refractivity contribution in [3.8, 4) is 0 Å². The summed E-state index contributed by atoms with van der Waals surface area (Å²) in [6.45, 7) is 4.56. The molecule has 0 bridgehead atoms. The molecule has 1 aliphatic rings. The van der Waals surface area contributed by atoms with Crippen LogP contribution < -0.4 is 0 Å². The van der Waals surface area contributed by atoms with E-state index >= 15 is 0 Å². The fourth-order valence-corrected chi connectivity index (χ4v) is 4.04. The maximum absolute atomic E-state index is 12.6. The van der Waals surface area contributed by atoms with Gasteiger partial charge in [-0.15, -0.1) is 0 Å². The molecule has 0 saturated carbocycles. The average Bonchev–Trinajstić information content (AvgIpc) is 2.45. The lowest BCUT2D eigenvalue weighted by Crippen LogP contribution is -2.49. The number of nitrogens with zero attached hydrogens (tertiary/aromatic N) is 3. The van der Waals surface area contributed by atoms with Crippen molar-refractivity contribution in [1.29, 1.82) is 0 Å². The van der Waals surface area contributed by atoms with Crippen molar-refractivity contribution >= 4 is 21.6 Å². The molecule has 1 aromatic carbocycles. The second-order valence-corrected chi connectivity index (χ2v) is 7.88. The molecule has 1 aliphatic heterocycles. The molecular formula is C14H22ClN3O2S. The molecule has 0 amide bonds. The molecule has 0 N–H and O–H groups in total. The van der Waals surface area contributed by atoms with E-state index in [1.807, 2.05) is 14.1 Å². The lowest BCUT2D eigenvalue weighted by atomic mass is 10.3. The van der Waals surface area contributed by atoms with Gasteiger partial charge in [-0.3, -0.25) is 4.90 Å². The molecule has 0 unspecified atom stereocenters. The Morgan fingerprint density at radius 3 is 2.43 bits per heavy atom. The third-order valence-corrected chi connectivity index (χ3v) is 5.76. The van der Waals surface area contributed by atoms with Gasteiger partial charge in [-0.05, 0) is 32.3 Å². The van der Waals surface area contributed by atoms with E-state index in [1.54, 1.807) is 22.5 Å². The van der Waals surface area contributed by atoms with Gasteiger partial charge in [0, 0.05) is 44.3 Å². The highest BCUT2D eigenvalue weighted by Crippen LogP contribution is 2.20. The van der Waals surface area contributed by atoms with Crippen LogP contribution in [-0.4, -0.2) is 75.9 Å². The van der Waals surface area contributed by atoms with Crippen LogP contribution in [0.25, 0.3) is 0 Å². The molecule has 0 radical (unpaired) electrons. The second kappa shape index (κ2) is 7.07. The molecule has 7 heteroatoms. The molecule has 1 heterocycles. The summed E-state index contributed by atoms with van der Waals surface area (Å²) in [7, 11) is 0.656. The van der Waals surface area contributed by atoms with E-state index in [-0.39, 0.29) is 4.90 Å². The highest BCUT2D eigenvalue weighted by atomic mass is 35.5. The molecule has 21 heavy (non-hydrogen) atoms. The van der Waals surface area contributed by atoms with Gasteiger partial charge in [0.1, 0.15) is 0 Å². The first kappa shape index (κ1) is 16.7. The van der Waals surface area contributed by atoms with E-state index < -0.39 is 10.0 Å². The maximum Gasteiger partial charge on any atom is 0.243 e. The largest absolute Gasteiger partial charge is 0.308 e. The van der Waals surface area contributed by atoms with E-state index in [2.05, 4.69) is 9.80 Å². The molecule has 1 fully saturated rings. The van der Waals surface area contributed by atoms with Crippen LogP contribution in [0.15, 0.2) is 29.2 Å². The van der Waals surface area contributed by atoms with Gasteiger partial charge in [0.15, 0.2) is 0 Å². The minimum absolute atomic E-state index is 0.275. The predicted octanol–water partition coefficient (Wildman–Crippen LogP) is 1.21. The topological polar surface area (TPSA) is 43.9 Å². The summed E-state index contributed by atoms with van der Waals surface area (Å²) in [6.07, 6.45) is 0. The zero-order chi connectivity index (χ0) is 15.5. The van der Waals surface area contributed by atoms with Crippen LogP contribution in [0.3, 0.4) is 0 Å². The lowest BCUT2D eigenvalue weighted by molar-refractivity contribution is 0.174. The fourth-order valence-electron chi connectivity index (χ4n) is 2.31. The number of hydrogen-bond acceptors (Lipinski definition) is 4. The van der Waals surface area contributed by atoms with Gasteiger partial charge < -0.3 is 4.90 Å². The zero-order valence-electron chi connectivity index (χ0n) is 12.5. The van der Waals surface area contributed by atoms with Gasteiger partial charge >= 0.3 is 0 Å². The predicted molar refractivity (Wildman–Crippen MR) is 85.2 cm³/mol. The Morgan fingerprint density at radius 1 is 1.19 bits per heavy atom. The van der Waals surface area contributed by atoms with E-state index in [1.165, 1.54) is 6.07 Å². The SMILES string of the molecule is CN(C)CCN1CCN(S(=O)(=O)c2cccc(Cl)c2)CC1. The number of benzene rings is 1. The molecule has 0 spiro atoms. The molecule has 1 aromatic rings. The first-order chi connectivity index (χ1) is 9.89. The van der Waals surface area contributed by atoms with Crippen molar-refractivity contribution in [2.24, 2.45) is 0 Å². The number of halogens is 1. The van der Waals surface area contributed by atoms with E-state index in [0.717, 1.165) is 26.2 Å². The lowest BCUT2D eigenvalue weighted by Gasteiger charge is -2.34. The summed E-state index contributed by atoms with van der Waals surface area (Å²) in [5.41, 5.74) is 0. The van der Waals surface area contributed by atoms with Gasteiger partial charge in [-0.2, -0.15) is 4.31 Å². The molecule has 118 valence electrons. The first-order valence-corrected chi connectivity index (χ1v) is 8.84. The zero-order valence-corrected chi connectivity index (χ0v) is 14.1. The number of piperazine rings is 1. The monoisotopic (exact) mass is 331 g/mol. The van der Waals surface area contributed by atoms with Gasteiger partial charge in [0.2, 0.25) is 10.0 Å². The maximum atomic E-state index is 12.6. The highest BCUT2D eigenvalue weighted by molar-refractivity contribution is 7.89. The Kier molecular flexibility index (Phi) is 5.62. The summed E-state index contributed by atoms with van der Waals surface area (Å²) in [4.78, 5) is 4.70. The molecule has 1 saturated heterocycles. The third-order valence-electron chi connectivity index (χ3n) is 3.63. The molecule has 0 aliphatic carbocycles. The quantitative estimate of drug-likeness (QED) is 0.813. The Balaban J connectivity index is 1.98. The molecule has 0 atom stereocenters. The first-order valence-electron chi connectivity index (χ1n) is 7.02. The van der Waals surface area contributed by atoms with Crippen molar-refractivity contribution in [3.05, 3.63) is 29.3 Å². The Labute approximate surface area is 132 Å². The third kappa shape index (κ3) is 4.40. The van der Waals surface area contributed by atoms with Crippen LogP contribution in [0.1, 0.15) is 0 Å². The van der Waals surface area contributed by atoms with Crippen molar-refractivity contribution < 1.29 is 8.42 Å². The molecule has 5 nitrogen and oxygen atoms in total. The Morgan fingerprint density at radius 2 is 1.86 bits per heavy atom. The summed E-state index contributed by atoms with van der Waals surface area (Å²) in [5, 5.41) is 0.445.